The number of benzene rings is 3. The van der Waals surface area contributed by atoms with Crippen molar-refractivity contribution in [1.82, 2.24) is 4.90 Å². The van der Waals surface area contributed by atoms with E-state index in [-0.39, 0.29) is 17.9 Å². The van der Waals surface area contributed by atoms with E-state index in [2.05, 4.69) is 0 Å². The molecule has 0 saturated heterocycles. The molecule has 0 spiro atoms. The molecular formula is C27H29N3O6S. The SMILES string of the molecule is CCOc1ccc(S(=O)(=O)N(CC(=O)N2Cc3ccccc3C2CC(N)=O)c2ccc(OC)cc2)cc1. The van der Waals surface area contributed by atoms with Crippen LogP contribution in [0.4, 0.5) is 5.69 Å². The summed E-state index contributed by atoms with van der Waals surface area (Å²) in [5, 5.41) is 0. The summed E-state index contributed by atoms with van der Waals surface area (Å²) in [6.45, 7) is 2.07. The molecule has 1 aliphatic heterocycles. The van der Waals surface area contributed by atoms with Crippen LogP contribution in [-0.4, -0.2) is 45.4 Å². The van der Waals surface area contributed by atoms with Crippen LogP contribution >= 0.6 is 0 Å². The minimum Gasteiger partial charge on any atom is -0.497 e. The molecule has 0 saturated carbocycles. The number of anilines is 1. The van der Waals surface area contributed by atoms with Gasteiger partial charge in [-0.2, -0.15) is 0 Å². The predicted molar refractivity (Wildman–Crippen MR) is 139 cm³/mol. The Morgan fingerprint density at radius 1 is 1.00 bits per heavy atom. The van der Waals surface area contributed by atoms with Gasteiger partial charge in [0, 0.05) is 6.54 Å². The zero-order valence-corrected chi connectivity index (χ0v) is 21.5. The molecule has 1 heterocycles. The van der Waals surface area contributed by atoms with Gasteiger partial charge in [0.2, 0.25) is 11.8 Å². The fourth-order valence-corrected chi connectivity index (χ4v) is 5.83. The number of rotatable bonds is 10. The van der Waals surface area contributed by atoms with Crippen molar-refractivity contribution in [2.45, 2.75) is 30.8 Å². The Morgan fingerprint density at radius 3 is 2.27 bits per heavy atom. The molecule has 0 radical (unpaired) electrons. The molecule has 2 N–H and O–H groups in total. The number of fused-ring (bicyclic) bond motifs is 1. The molecule has 2 amide bonds. The van der Waals surface area contributed by atoms with Crippen LogP contribution in [0.5, 0.6) is 11.5 Å². The highest BCUT2D eigenvalue weighted by molar-refractivity contribution is 7.92. The summed E-state index contributed by atoms with van der Waals surface area (Å²) in [6.07, 6.45) is -0.0586. The predicted octanol–water partition coefficient (Wildman–Crippen LogP) is 3.25. The number of nitrogens with two attached hydrogens (primary N) is 1. The van der Waals surface area contributed by atoms with Crippen LogP contribution in [0.25, 0.3) is 0 Å². The first-order chi connectivity index (χ1) is 17.7. The second-order valence-electron chi connectivity index (χ2n) is 8.52. The van der Waals surface area contributed by atoms with Gasteiger partial charge >= 0.3 is 0 Å². The second-order valence-corrected chi connectivity index (χ2v) is 10.4. The minimum absolute atomic E-state index is 0.0120. The van der Waals surface area contributed by atoms with Crippen LogP contribution in [0.15, 0.2) is 77.7 Å². The summed E-state index contributed by atoms with van der Waals surface area (Å²) < 4.78 is 39.3. The average Bonchev–Trinajstić information content (AvgIpc) is 3.25. The van der Waals surface area contributed by atoms with Gasteiger partial charge in [-0.1, -0.05) is 24.3 Å². The summed E-state index contributed by atoms with van der Waals surface area (Å²) in [7, 11) is -2.63. The van der Waals surface area contributed by atoms with Gasteiger partial charge in [-0.25, -0.2) is 8.42 Å². The van der Waals surface area contributed by atoms with Gasteiger partial charge in [0.25, 0.3) is 10.0 Å². The van der Waals surface area contributed by atoms with Crippen LogP contribution < -0.4 is 19.5 Å². The van der Waals surface area contributed by atoms with Crippen molar-refractivity contribution in [3.05, 3.63) is 83.9 Å². The molecule has 0 fully saturated rings. The lowest BCUT2D eigenvalue weighted by Crippen LogP contribution is -2.43. The van der Waals surface area contributed by atoms with Crippen molar-refractivity contribution in [2.24, 2.45) is 5.73 Å². The highest BCUT2D eigenvalue weighted by atomic mass is 32.2. The topological polar surface area (TPSA) is 119 Å². The molecular weight excluding hydrogens is 494 g/mol. The molecule has 0 aromatic heterocycles. The van der Waals surface area contributed by atoms with Crippen molar-refractivity contribution < 1.29 is 27.5 Å². The number of methoxy groups -OCH3 is 1. The van der Waals surface area contributed by atoms with E-state index in [9.17, 15) is 18.0 Å². The molecule has 0 aliphatic carbocycles. The standard InChI is InChI=1S/C27H29N3O6S/c1-3-36-22-12-14-23(15-13-22)37(33,34)30(20-8-10-21(35-2)11-9-20)18-27(32)29-17-19-6-4-5-7-24(19)25(29)16-26(28)31/h4-15,25H,3,16-18H2,1-2H3,(H2,28,31). The smallest absolute Gasteiger partial charge is 0.264 e. The number of amides is 2. The molecule has 0 bridgehead atoms. The fourth-order valence-electron chi connectivity index (χ4n) is 4.42. The van der Waals surface area contributed by atoms with E-state index in [4.69, 9.17) is 15.2 Å². The lowest BCUT2D eigenvalue weighted by molar-refractivity contribution is -0.132. The van der Waals surface area contributed by atoms with Gasteiger partial charge in [0.1, 0.15) is 18.0 Å². The van der Waals surface area contributed by atoms with Gasteiger partial charge in [-0.15, -0.1) is 0 Å². The Bertz CT molecular complexity index is 1370. The van der Waals surface area contributed by atoms with Crippen LogP contribution in [0.3, 0.4) is 0 Å². The third-order valence-electron chi connectivity index (χ3n) is 6.21. The highest BCUT2D eigenvalue weighted by Gasteiger charge is 2.37. The number of ether oxygens (including phenoxy) is 2. The monoisotopic (exact) mass is 523 g/mol. The third kappa shape index (κ3) is 5.54. The summed E-state index contributed by atoms with van der Waals surface area (Å²) in [5.41, 5.74) is 7.51. The van der Waals surface area contributed by atoms with Crippen molar-refractivity contribution >= 4 is 27.5 Å². The van der Waals surface area contributed by atoms with E-state index in [1.165, 1.54) is 24.1 Å². The molecule has 3 aromatic carbocycles. The van der Waals surface area contributed by atoms with E-state index in [1.807, 2.05) is 31.2 Å². The van der Waals surface area contributed by atoms with E-state index in [1.54, 1.807) is 36.4 Å². The lowest BCUT2D eigenvalue weighted by Gasteiger charge is -2.29. The molecule has 10 heteroatoms. The summed E-state index contributed by atoms with van der Waals surface area (Å²) in [5.74, 6) is 0.0870. The number of hydrogen-bond donors (Lipinski definition) is 1. The average molecular weight is 524 g/mol. The highest BCUT2D eigenvalue weighted by Crippen LogP contribution is 2.36. The van der Waals surface area contributed by atoms with E-state index in [0.717, 1.165) is 15.4 Å². The minimum atomic E-state index is -4.14. The van der Waals surface area contributed by atoms with Crippen LogP contribution in [0.2, 0.25) is 0 Å². The molecule has 3 aromatic rings. The maximum absolute atomic E-state index is 13.8. The van der Waals surface area contributed by atoms with Crippen LogP contribution in [0, 0.1) is 0 Å². The summed E-state index contributed by atoms with van der Waals surface area (Å²) in [6, 6.07) is 19.3. The van der Waals surface area contributed by atoms with Crippen LogP contribution in [-0.2, 0) is 26.2 Å². The molecule has 194 valence electrons. The van der Waals surface area contributed by atoms with Gasteiger partial charge in [0.05, 0.1) is 36.8 Å². The van der Waals surface area contributed by atoms with Crippen molar-refractivity contribution in [2.75, 3.05) is 24.6 Å². The fraction of sp³-hybridized carbons (Fsp3) is 0.259. The largest absolute Gasteiger partial charge is 0.497 e. The summed E-state index contributed by atoms with van der Waals surface area (Å²) >= 11 is 0. The van der Waals surface area contributed by atoms with Crippen LogP contribution in [0.1, 0.15) is 30.5 Å². The maximum Gasteiger partial charge on any atom is 0.264 e. The van der Waals surface area contributed by atoms with E-state index >= 15 is 0 Å². The Hall–Kier alpha value is -4.05. The van der Waals surface area contributed by atoms with Gasteiger partial charge in [-0.05, 0) is 66.6 Å². The molecule has 1 unspecified atom stereocenters. The zero-order chi connectivity index (χ0) is 26.6. The quantitative estimate of drug-likeness (QED) is 0.436. The first-order valence-corrected chi connectivity index (χ1v) is 13.2. The van der Waals surface area contributed by atoms with Crippen molar-refractivity contribution in [3.8, 4) is 11.5 Å². The Labute approximate surface area is 216 Å². The van der Waals surface area contributed by atoms with Crippen molar-refractivity contribution in [1.29, 1.82) is 0 Å². The molecule has 1 aliphatic rings. The zero-order valence-electron chi connectivity index (χ0n) is 20.7. The van der Waals surface area contributed by atoms with Gasteiger partial charge in [0.15, 0.2) is 0 Å². The van der Waals surface area contributed by atoms with Gasteiger partial charge < -0.3 is 20.1 Å². The molecule has 37 heavy (non-hydrogen) atoms. The normalized spacial score (nSPS) is 14.6. The second kappa shape index (κ2) is 10.9. The van der Waals surface area contributed by atoms with Gasteiger partial charge in [-0.3, -0.25) is 13.9 Å². The number of carbonyl (C=O) groups is 2. The molecule has 4 rings (SSSR count). The Balaban J connectivity index is 1.69. The third-order valence-corrected chi connectivity index (χ3v) is 8.00. The Kier molecular flexibility index (Phi) is 7.68. The first-order valence-electron chi connectivity index (χ1n) is 11.8. The number of hydrogen-bond acceptors (Lipinski definition) is 6. The lowest BCUT2D eigenvalue weighted by atomic mass is 10.0. The summed E-state index contributed by atoms with van der Waals surface area (Å²) in [4.78, 5) is 27.0. The first kappa shape index (κ1) is 26.0. The maximum atomic E-state index is 13.8. The molecule has 9 nitrogen and oxygen atoms in total. The van der Waals surface area contributed by atoms with E-state index < -0.39 is 34.4 Å². The number of primary amides is 1. The van der Waals surface area contributed by atoms with Crippen molar-refractivity contribution in [3.63, 3.8) is 0 Å². The van der Waals surface area contributed by atoms with E-state index in [0.29, 0.717) is 23.8 Å². The Morgan fingerprint density at radius 2 is 1.65 bits per heavy atom. The number of sulfonamides is 1. The number of nitrogens with zero attached hydrogens (tertiary/aromatic N) is 2. The number of carbonyl (C=O) groups excluding carboxylic acids is 2. The molecule has 1 atom stereocenters.